The van der Waals surface area contributed by atoms with E-state index in [9.17, 15) is 8.42 Å². The van der Waals surface area contributed by atoms with E-state index in [0.717, 1.165) is 23.3 Å². The zero-order valence-electron chi connectivity index (χ0n) is 10.9. The summed E-state index contributed by atoms with van der Waals surface area (Å²) in [6.45, 7) is 2.33. The van der Waals surface area contributed by atoms with E-state index < -0.39 is 10.0 Å². The smallest absolute Gasteiger partial charge is 0.253 e. The van der Waals surface area contributed by atoms with Gasteiger partial charge >= 0.3 is 0 Å². The maximum atomic E-state index is 12.7. The van der Waals surface area contributed by atoms with E-state index in [4.69, 9.17) is 5.11 Å². The van der Waals surface area contributed by atoms with Crippen LogP contribution >= 0.6 is 22.7 Å². The fraction of sp³-hybridized carbons (Fsp3) is 0.385. The lowest BCUT2D eigenvalue weighted by Gasteiger charge is -2.32. The van der Waals surface area contributed by atoms with Crippen molar-refractivity contribution in [3.8, 4) is 0 Å². The highest BCUT2D eigenvalue weighted by Gasteiger charge is 2.35. The molecule has 1 aliphatic rings. The number of nitrogens with zero attached hydrogens (tertiary/aromatic N) is 1. The number of hydrogen-bond donors (Lipinski definition) is 1. The highest BCUT2D eigenvalue weighted by atomic mass is 32.2. The molecule has 7 heteroatoms. The molecule has 0 aromatic carbocycles. The molecule has 3 heterocycles. The van der Waals surface area contributed by atoms with Crippen LogP contribution in [0.15, 0.2) is 27.8 Å². The Bertz CT molecular complexity index is 717. The Morgan fingerprint density at radius 2 is 2.20 bits per heavy atom. The van der Waals surface area contributed by atoms with E-state index in [2.05, 4.69) is 0 Å². The molecule has 0 saturated carbocycles. The summed E-state index contributed by atoms with van der Waals surface area (Å²) in [6.07, 6.45) is 0.773. The second-order valence-corrected chi connectivity index (χ2v) is 9.01. The summed E-state index contributed by atoms with van der Waals surface area (Å²) >= 11 is 2.84. The van der Waals surface area contributed by atoms with Gasteiger partial charge in [-0.1, -0.05) is 0 Å². The topological polar surface area (TPSA) is 57.6 Å². The lowest BCUT2D eigenvalue weighted by molar-refractivity contribution is 0.285. The number of aliphatic hydroxyl groups is 1. The summed E-state index contributed by atoms with van der Waals surface area (Å²) in [5.74, 6) is 0. The van der Waals surface area contributed by atoms with Crippen molar-refractivity contribution in [2.24, 2.45) is 0 Å². The molecule has 3 rings (SSSR count). The number of rotatable bonds is 3. The maximum absolute atomic E-state index is 12.7. The van der Waals surface area contributed by atoms with Gasteiger partial charge in [-0.05, 0) is 42.5 Å². The first kappa shape index (κ1) is 14.2. The van der Waals surface area contributed by atoms with Gasteiger partial charge in [0.1, 0.15) is 4.21 Å². The van der Waals surface area contributed by atoms with Gasteiger partial charge in [-0.3, -0.25) is 0 Å². The Balaban J connectivity index is 1.96. The summed E-state index contributed by atoms with van der Waals surface area (Å²) in [7, 11) is -3.48. The second kappa shape index (κ2) is 5.23. The number of fused-ring (bicyclic) bond motifs is 1. The number of sulfonamides is 1. The minimum absolute atomic E-state index is 0.121. The third-order valence-electron chi connectivity index (χ3n) is 3.58. The lowest BCUT2D eigenvalue weighted by atomic mass is 10.0. The molecule has 0 amide bonds. The Hall–Kier alpha value is -0.730. The first-order valence-corrected chi connectivity index (χ1v) is 9.45. The predicted octanol–water partition coefficient (Wildman–Crippen LogP) is 2.61. The van der Waals surface area contributed by atoms with E-state index in [-0.39, 0.29) is 12.6 Å². The second-order valence-electron chi connectivity index (χ2n) is 4.72. The van der Waals surface area contributed by atoms with Crippen molar-refractivity contribution in [1.29, 1.82) is 0 Å². The highest BCUT2D eigenvalue weighted by molar-refractivity contribution is 7.91. The van der Waals surface area contributed by atoms with Gasteiger partial charge in [0.15, 0.2) is 0 Å². The Morgan fingerprint density at radius 1 is 1.40 bits per heavy atom. The van der Waals surface area contributed by atoms with Crippen molar-refractivity contribution in [2.45, 2.75) is 30.2 Å². The third kappa shape index (κ3) is 2.23. The SMILES string of the molecule is CC1c2ccsc2CCN1S(=O)(=O)c1ccc(CO)s1. The number of aliphatic hydroxyl groups excluding tert-OH is 1. The molecule has 0 aliphatic carbocycles. The predicted molar refractivity (Wildman–Crippen MR) is 80.6 cm³/mol. The molecule has 1 atom stereocenters. The quantitative estimate of drug-likeness (QED) is 0.942. The summed E-state index contributed by atoms with van der Waals surface area (Å²) in [6, 6.07) is 5.14. The minimum atomic E-state index is -3.48. The number of thiophene rings is 2. The van der Waals surface area contributed by atoms with Crippen molar-refractivity contribution in [2.75, 3.05) is 6.54 Å². The third-order valence-corrected chi connectivity index (χ3v) is 8.08. The first-order chi connectivity index (χ1) is 9.54. The lowest BCUT2D eigenvalue weighted by Crippen LogP contribution is -2.37. The fourth-order valence-electron chi connectivity index (χ4n) is 2.51. The van der Waals surface area contributed by atoms with Crippen molar-refractivity contribution in [1.82, 2.24) is 4.31 Å². The normalized spacial score (nSPS) is 20.0. The average molecular weight is 329 g/mol. The largest absolute Gasteiger partial charge is 0.391 e. The molecular weight excluding hydrogens is 314 g/mol. The van der Waals surface area contributed by atoms with Gasteiger partial charge in [0.25, 0.3) is 10.0 Å². The molecule has 2 aromatic heterocycles. The summed E-state index contributed by atoms with van der Waals surface area (Å²) in [5, 5.41) is 11.1. The van der Waals surface area contributed by atoms with E-state index >= 15 is 0 Å². The Morgan fingerprint density at radius 3 is 2.90 bits per heavy atom. The maximum Gasteiger partial charge on any atom is 0.253 e. The van der Waals surface area contributed by atoms with Gasteiger partial charge in [0.2, 0.25) is 0 Å². The summed E-state index contributed by atoms with van der Waals surface area (Å²) in [5.41, 5.74) is 1.11. The molecular formula is C13H15NO3S3. The molecule has 20 heavy (non-hydrogen) atoms. The van der Waals surface area contributed by atoms with Gasteiger partial charge in [-0.2, -0.15) is 4.31 Å². The van der Waals surface area contributed by atoms with Crippen LogP contribution in [0.2, 0.25) is 0 Å². The molecule has 0 fully saturated rings. The van der Waals surface area contributed by atoms with Gasteiger partial charge in [-0.15, -0.1) is 22.7 Å². The molecule has 1 unspecified atom stereocenters. The standard InChI is InChI=1S/C13H15NO3S3/c1-9-11-5-7-18-12(11)4-6-14(9)20(16,17)13-3-2-10(8-15)19-13/h2-3,5,7,9,15H,4,6,8H2,1H3. The van der Waals surface area contributed by atoms with Crippen molar-refractivity contribution in [3.05, 3.63) is 38.9 Å². The molecule has 1 N–H and O–H groups in total. The molecule has 2 aromatic rings. The fourth-order valence-corrected chi connectivity index (χ4v) is 6.43. The minimum Gasteiger partial charge on any atom is -0.391 e. The van der Waals surface area contributed by atoms with Crippen LogP contribution in [0.5, 0.6) is 0 Å². The van der Waals surface area contributed by atoms with E-state index in [1.54, 1.807) is 27.8 Å². The molecule has 1 aliphatic heterocycles. The van der Waals surface area contributed by atoms with Gasteiger partial charge in [0, 0.05) is 22.3 Å². The van der Waals surface area contributed by atoms with Crippen molar-refractivity contribution in [3.63, 3.8) is 0 Å². The molecule has 0 spiro atoms. The van der Waals surface area contributed by atoms with E-state index in [1.165, 1.54) is 4.88 Å². The first-order valence-electron chi connectivity index (χ1n) is 6.31. The number of hydrogen-bond acceptors (Lipinski definition) is 5. The van der Waals surface area contributed by atoms with Crippen molar-refractivity contribution >= 4 is 32.7 Å². The Labute approximate surface area is 126 Å². The van der Waals surface area contributed by atoms with Crippen LogP contribution < -0.4 is 0 Å². The molecule has 108 valence electrons. The van der Waals surface area contributed by atoms with Crippen molar-refractivity contribution < 1.29 is 13.5 Å². The molecule has 0 bridgehead atoms. The van der Waals surface area contributed by atoms with Crippen LogP contribution in [-0.4, -0.2) is 24.4 Å². The van der Waals surface area contributed by atoms with Gasteiger partial charge in [-0.25, -0.2) is 8.42 Å². The van der Waals surface area contributed by atoms with Crippen LogP contribution in [0.4, 0.5) is 0 Å². The summed E-state index contributed by atoms with van der Waals surface area (Å²) in [4.78, 5) is 1.95. The van der Waals surface area contributed by atoms with Gasteiger partial charge in [0.05, 0.1) is 6.61 Å². The van der Waals surface area contributed by atoms with Crippen LogP contribution in [0, 0.1) is 0 Å². The zero-order chi connectivity index (χ0) is 14.3. The molecule has 4 nitrogen and oxygen atoms in total. The summed E-state index contributed by atoms with van der Waals surface area (Å²) < 4.78 is 27.3. The monoisotopic (exact) mass is 329 g/mol. The van der Waals surface area contributed by atoms with Crippen LogP contribution in [0.3, 0.4) is 0 Å². The van der Waals surface area contributed by atoms with E-state index in [0.29, 0.717) is 15.6 Å². The van der Waals surface area contributed by atoms with Crippen LogP contribution in [-0.2, 0) is 23.1 Å². The highest BCUT2D eigenvalue weighted by Crippen LogP contribution is 2.37. The molecule has 0 radical (unpaired) electrons. The van der Waals surface area contributed by atoms with Crippen LogP contribution in [0.25, 0.3) is 0 Å². The molecule has 0 saturated heterocycles. The average Bonchev–Trinajstić information content (AvgIpc) is 3.08. The Kier molecular flexibility index (Phi) is 3.72. The van der Waals surface area contributed by atoms with E-state index in [1.807, 2.05) is 18.4 Å². The van der Waals surface area contributed by atoms with Crippen LogP contribution in [0.1, 0.15) is 28.3 Å². The van der Waals surface area contributed by atoms with Gasteiger partial charge < -0.3 is 5.11 Å². The zero-order valence-corrected chi connectivity index (χ0v) is 13.4.